The summed E-state index contributed by atoms with van der Waals surface area (Å²) in [5.74, 6) is -0.521. The van der Waals surface area contributed by atoms with Gasteiger partial charge in [0.05, 0.1) is 18.8 Å². The van der Waals surface area contributed by atoms with Crippen LogP contribution >= 0.6 is 0 Å². The molecule has 5 heteroatoms. The normalized spacial score (nSPS) is 13.9. The monoisotopic (exact) mass is 772 g/mol. The van der Waals surface area contributed by atoms with Gasteiger partial charge < -0.3 is 20.6 Å². The second-order valence-electron chi connectivity index (χ2n) is 16.3. The summed E-state index contributed by atoms with van der Waals surface area (Å²) < 4.78 is 0. The topological polar surface area (TPSA) is 89.8 Å². The zero-order valence-corrected chi connectivity index (χ0v) is 36.6. The van der Waals surface area contributed by atoms with Crippen LogP contribution in [0.1, 0.15) is 239 Å². The first-order valence-corrected chi connectivity index (χ1v) is 24.0. The summed E-state index contributed by atoms with van der Waals surface area (Å²) in [5, 5.41) is 33.2. The van der Waals surface area contributed by atoms with Crippen LogP contribution in [0.3, 0.4) is 0 Å². The van der Waals surface area contributed by atoms with Crippen molar-refractivity contribution >= 4 is 5.91 Å². The van der Waals surface area contributed by atoms with Crippen molar-refractivity contribution in [2.24, 2.45) is 0 Å². The van der Waals surface area contributed by atoms with Gasteiger partial charge in [-0.1, -0.05) is 217 Å². The van der Waals surface area contributed by atoms with Crippen LogP contribution < -0.4 is 5.32 Å². The summed E-state index contributed by atoms with van der Waals surface area (Å²) in [6.45, 7) is 4.17. The smallest absolute Gasteiger partial charge is 0.249 e. The van der Waals surface area contributed by atoms with Crippen molar-refractivity contribution < 1.29 is 20.1 Å². The van der Waals surface area contributed by atoms with E-state index >= 15 is 0 Å². The lowest BCUT2D eigenvalue weighted by Crippen LogP contribution is -2.48. The molecule has 0 saturated carbocycles. The standard InChI is InChI=1S/C50H93NO4/c1-3-5-7-9-11-13-15-17-19-21-23-25-27-29-31-33-35-37-39-41-43-45-49(54)50(55)51-47(46-52)48(53)44-42-40-38-36-34-32-30-28-26-24-22-20-18-16-14-12-10-8-6-4-2/h26-29,34,36,42,44,47-49,52-54H,3-25,30-33,35,37-41,43,45-46H2,1-2H3,(H,51,55)/b28-26+,29-27-,36-34+,44-42+. The van der Waals surface area contributed by atoms with Crippen LogP contribution in [0.2, 0.25) is 0 Å². The number of aliphatic hydroxyl groups is 3. The van der Waals surface area contributed by atoms with Gasteiger partial charge in [-0.25, -0.2) is 0 Å². The minimum absolute atomic E-state index is 0.384. The molecular formula is C50H93NO4. The van der Waals surface area contributed by atoms with Gasteiger partial charge in [0, 0.05) is 0 Å². The predicted molar refractivity (Wildman–Crippen MR) is 241 cm³/mol. The van der Waals surface area contributed by atoms with E-state index in [0.29, 0.717) is 6.42 Å². The number of hydrogen-bond acceptors (Lipinski definition) is 4. The molecule has 0 bridgehead atoms. The molecule has 0 saturated heterocycles. The zero-order valence-electron chi connectivity index (χ0n) is 36.6. The summed E-state index contributed by atoms with van der Waals surface area (Å²) in [6, 6.07) is -0.824. The van der Waals surface area contributed by atoms with Crippen LogP contribution in [0.4, 0.5) is 0 Å². The third-order valence-corrected chi connectivity index (χ3v) is 10.9. The van der Waals surface area contributed by atoms with Crippen LogP contribution in [-0.4, -0.2) is 46.1 Å². The van der Waals surface area contributed by atoms with Gasteiger partial charge in [0.15, 0.2) is 0 Å². The number of rotatable bonds is 43. The van der Waals surface area contributed by atoms with E-state index in [1.165, 1.54) is 173 Å². The third-order valence-electron chi connectivity index (χ3n) is 10.9. The van der Waals surface area contributed by atoms with Gasteiger partial charge in [-0.05, 0) is 70.6 Å². The van der Waals surface area contributed by atoms with E-state index in [4.69, 9.17) is 0 Å². The minimum atomic E-state index is -1.12. The molecule has 55 heavy (non-hydrogen) atoms. The maximum atomic E-state index is 12.5. The predicted octanol–water partition coefficient (Wildman–Crippen LogP) is 14.1. The Kier molecular flexibility index (Phi) is 43.6. The number of hydrogen-bond donors (Lipinski definition) is 4. The van der Waals surface area contributed by atoms with E-state index in [-0.39, 0.29) is 6.61 Å². The van der Waals surface area contributed by atoms with Crippen molar-refractivity contribution in [3.05, 3.63) is 48.6 Å². The first-order chi connectivity index (χ1) is 27.1. The lowest BCUT2D eigenvalue weighted by molar-refractivity contribution is -0.131. The summed E-state index contributed by atoms with van der Waals surface area (Å²) in [6.07, 6.45) is 58.7. The summed E-state index contributed by atoms with van der Waals surface area (Å²) >= 11 is 0. The highest BCUT2D eigenvalue weighted by Crippen LogP contribution is 2.15. The number of unbranched alkanes of at least 4 members (excludes halogenated alkanes) is 29. The minimum Gasteiger partial charge on any atom is -0.394 e. The molecule has 0 spiro atoms. The Morgan fingerprint density at radius 2 is 0.745 bits per heavy atom. The Morgan fingerprint density at radius 1 is 0.436 bits per heavy atom. The molecular weight excluding hydrogens is 679 g/mol. The molecule has 0 fully saturated rings. The van der Waals surface area contributed by atoms with Crippen LogP contribution in [-0.2, 0) is 4.79 Å². The molecule has 0 heterocycles. The van der Waals surface area contributed by atoms with Crippen LogP contribution in [0, 0.1) is 0 Å². The van der Waals surface area contributed by atoms with Gasteiger partial charge in [0.2, 0.25) is 5.91 Å². The fraction of sp³-hybridized carbons (Fsp3) is 0.820. The van der Waals surface area contributed by atoms with Gasteiger partial charge in [0.1, 0.15) is 6.10 Å². The molecule has 0 aliphatic heterocycles. The molecule has 0 rings (SSSR count). The van der Waals surface area contributed by atoms with E-state index in [2.05, 4.69) is 55.6 Å². The molecule has 0 aromatic heterocycles. The zero-order chi connectivity index (χ0) is 40.1. The van der Waals surface area contributed by atoms with Crippen molar-refractivity contribution in [2.75, 3.05) is 6.61 Å². The highest BCUT2D eigenvalue weighted by molar-refractivity contribution is 5.80. The Balaban J connectivity index is 3.73. The molecule has 0 aromatic carbocycles. The third kappa shape index (κ3) is 40.3. The Bertz CT molecular complexity index is 896. The highest BCUT2D eigenvalue weighted by atomic mass is 16.3. The molecule has 3 atom stereocenters. The highest BCUT2D eigenvalue weighted by Gasteiger charge is 2.22. The van der Waals surface area contributed by atoms with E-state index in [0.717, 1.165) is 44.9 Å². The van der Waals surface area contributed by atoms with E-state index in [1.54, 1.807) is 6.08 Å². The number of nitrogens with one attached hydrogen (secondary N) is 1. The molecule has 5 nitrogen and oxygen atoms in total. The number of carbonyl (C=O) groups is 1. The molecule has 0 aliphatic rings. The fourth-order valence-electron chi connectivity index (χ4n) is 7.09. The first kappa shape index (κ1) is 53.3. The molecule has 4 N–H and O–H groups in total. The van der Waals surface area contributed by atoms with Crippen LogP contribution in [0.25, 0.3) is 0 Å². The molecule has 0 aliphatic carbocycles. The Hall–Kier alpha value is -1.69. The van der Waals surface area contributed by atoms with Gasteiger partial charge in [-0.2, -0.15) is 0 Å². The molecule has 0 aromatic rings. The number of carbonyl (C=O) groups excluding carboxylic acids is 1. The average Bonchev–Trinajstić information content (AvgIpc) is 3.19. The Labute approximate surface area is 342 Å². The molecule has 3 unspecified atom stereocenters. The van der Waals surface area contributed by atoms with Gasteiger partial charge in [-0.3, -0.25) is 4.79 Å². The van der Waals surface area contributed by atoms with Gasteiger partial charge in [-0.15, -0.1) is 0 Å². The van der Waals surface area contributed by atoms with Crippen molar-refractivity contribution in [3.8, 4) is 0 Å². The molecule has 322 valence electrons. The summed E-state index contributed by atoms with van der Waals surface area (Å²) in [7, 11) is 0. The summed E-state index contributed by atoms with van der Waals surface area (Å²) in [4.78, 5) is 12.5. The number of allylic oxidation sites excluding steroid dienone is 7. The first-order valence-electron chi connectivity index (χ1n) is 24.0. The quantitative estimate of drug-likeness (QED) is 0.0367. The maximum absolute atomic E-state index is 12.5. The van der Waals surface area contributed by atoms with Crippen molar-refractivity contribution in [1.29, 1.82) is 0 Å². The van der Waals surface area contributed by atoms with Crippen LogP contribution in [0.15, 0.2) is 48.6 Å². The van der Waals surface area contributed by atoms with Crippen LogP contribution in [0.5, 0.6) is 0 Å². The second kappa shape index (κ2) is 45.0. The van der Waals surface area contributed by atoms with Crippen molar-refractivity contribution in [2.45, 2.75) is 257 Å². The lowest BCUT2D eigenvalue weighted by atomic mass is 10.0. The van der Waals surface area contributed by atoms with Crippen molar-refractivity contribution in [1.82, 2.24) is 5.32 Å². The number of aliphatic hydroxyl groups excluding tert-OH is 3. The van der Waals surface area contributed by atoms with E-state index in [9.17, 15) is 20.1 Å². The molecule has 0 radical (unpaired) electrons. The molecule has 1 amide bonds. The van der Waals surface area contributed by atoms with E-state index < -0.39 is 24.2 Å². The number of amides is 1. The Morgan fingerprint density at radius 3 is 1.11 bits per heavy atom. The average molecular weight is 772 g/mol. The largest absolute Gasteiger partial charge is 0.394 e. The van der Waals surface area contributed by atoms with Gasteiger partial charge in [0.25, 0.3) is 0 Å². The second-order valence-corrected chi connectivity index (χ2v) is 16.3. The van der Waals surface area contributed by atoms with E-state index in [1.807, 2.05) is 6.08 Å². The maximum Gasteiger partial charge on any atom is 0.249 e. The fourth-order valence-corrected chi connectivity index (χ4v) is 7.09. The van der Waals surface area contributed by atoms with Crippen molar-refractivity contribution in [3.63, 3.8) is 0 Å². The van der Waals surface area contributed by atoms with Gasteiger partial charge >= 0.3 is 0 Å². The SMILES string of the molecule is CCCCCCCCCCCC/C=C/CC/C=C/CC/C=C/C(O)C(CO)NC(=O)C(O)CCCCCCCC/C=C\CCCCCCCCCCCCC. The lowest BCUT2D eigenvalue weighted by Gasteiger charge is -2.21. The summed E-state index contributed by atoms with van der Waals surface area (Å²) in [5.41, 5.74) is 0.